The van der Waals surface area contributed by atoms with E-state index < -0.39 is 36.7 Å². The van der Waals surface area contributed by atoms with E-state index in [1.54, 1.807) is 0 Å². The van der Waals surface area contributed by atoms with Crippen molar-refractivity contribution in [3.8, 4) is 0 Å². The topological polar surface area (TPSA) is 128 Å². The number of hydrazone groups is 1. The zero-order valence-electron chi connectivity index (χ0n) is 15.8. The van der Waals surface area contributed by atoms with E-state index >= 15 is 0 Å². The third kappa shape index (κ3) is 6.03. The Morgan fingerprint density at radius 1 is 1.13 bits per heavy atom. The molecule has 0 bridgehead atoms. The second-order valence-corrected chi connectivity index (χ2v) is 7.98. The maximum absolute atomic E-state index is 13.6. The van der Waals surface area contributed by atoms with Crippen LogP contribution in [0.3, 0.4) is 0 Å². The van der Waals surface area contributed by atoms with Crippen LogP contribution in [0, 0.1) is 0 Å². The molecule has 0 saturated carbocycles. The van der Waals surface area contributed by atoms with Crippen molar-refractivity contribution >= 4 is 25.6 Å². The number of carbonyl (C=O) groups excluding carboxylic acids is 2. The van der Waals surface area contributed by atoms with Crippen molar-refractivity contribution in [1.82, 2.24) is 10.7 Å². The molecular weight excluding hydrogens is 419 g/mol. The summed E-state index contributed by atoms with van der Waals surface area (Å²) in [5, 5.41) is 6.17. The fourth-order valence-corrected chi connectivity index (χ4v) is 2.79. The Bertz CT molecular complexity index is 962. The molecule has 0 spiro atoms. The number of amides is 2. The van der Waals surface area contributed by atoms with Gasteiger partial charge < -0.3 is 15.1 Å². The molecule has 8 nitrogen and oxygen atoms in total. The molecule has 0 aliphatic carbocycles. The van der Waals surface area contributed by atoms with Crippen molar-refractivity contribution in [2.24, 2.45) is 5.10 Å². The molecule has 1 atom stereocenters. The molecule has 0 heterocycles. The lowest BCUT2D eigenvalue weighted by atomic mass is 10.1. The zero-order valence-corrected chi connectivity index (χ0v) is 16.7. The number of alkyl halides is 2. The van der Waals surface area contributed by atoms with Crippen LogP contribution >= 0.6 is 7.60 Å². The Morgan fingerprint density at radius 3 is 2.30 bits per heavy atom. The lowest BCUT2D eigenvalue weighted by Gasteiger charge is -2.18. The van der Waals surface area contributed by atoms with Gasteiger partial charge in [0.05, 0.1) is 0 Å². The molecule has 2 rings (SSSR count). The van der Waals surface area contributed by atoms with Crippen LogP contribution in [-0.4, -0.2) is 33.9 Å². The second-order valence-electron chi connectivity index (χ2n) is 6.34. The van der Waals surface area contributed by atoms with Crippen LogP contribution in [0.15, 0.2) is 59.7 Å². The Morgan fingerprint density at radius 2 is 1.73 bits per heavy atom. The summed E-state index contributed by atoms with van der Waals surface area (Å²) in [6, 6.07) is 11.9. The van der Waals surface area contributed by atoms with Gasteiger partial charge in [0.25, 0.3) is 11.8 Å². The van der Waals surface area contributed by atoms with Gasteiger partial charge in [0.15, 0.2) is 0 Å². The maximum atomic E-state index is 13.6. The first-order valence-electron chi connectivity index (χ1n) is 8.72. The SMILES string of the molecule is CC(NC(=O)c1ccc(C(F)(F)P(=O)(O)O)cc1)C(=O)N/N=C/Cc1ccccc1. The van der Waals surface area contributed by atoms with Crippen LogP contribution in [0.4, 0.5) is 8.78 Å². The lowest BCUT2D eigenvalue weighted by molar-refractivity contribution is -0.122. The minimum absolute atomic E-state index is 0.0625. The Hall–Kier alpha value is -2.94. The summed E-state index contributed by atoms with van der Waals surface area (Å²) in [4.78, 5) is 41.6. The van der Waals surface area contributed by atoms with Crippen LogP contribution < -0.4 is 10.7 Å². The molecule has 0 aromatic heterocycles. The van der Waals surface area contributed by atoms with Gasteiger partial charge in [-0.3, -0.25) is 14.2 Å². The van der Waals surface area contributed by atoms with Crippen LogP contribution in [0.25, 0.3) is 0 Å². The molecule has 0 fully saturated rings. The minimum atomic E-state index is -5.70. The van der Waals surface area contributed by atoms with Gasteiger partial charge in [-0.25, -0.2) is 5.43 Å². The predicted octanol–water partition coefficient (Wildman–Crippen LogP) is 2.38. The van der Waals surface area contributed by atoms with E-state index in [1.165, 1.54) is 13.1 Å². The smallest absolute Gasteiger partial charge is 0.340 e. The van der Waals surface area contributed by atoms with Gasteiger partial charge in [0, 0.05) is 23.8 Å². The summed E-state index contributed by atoms with van der Waals surface area (Å²) in [6.45, 7) is 1.41. The van der Waals surface area contributed by atoms with Gasteiger partial charge >= 0.3 is 13.3 Å². The zero-order chi connectivity index (χ0) is 22.4. The van der Waals surface area contributed by atoms with E-state index in [1.807, 2.05) is 30.3 Å². The van der Waals surface area contributed by atoms with Crippen molar-refractivity contribution in [1.29, 1.82) is 0 Å². The predicted molar refractivity (Wildman–Crippen MR) is 106 cm³/mol. The van der Waals surface area contributed by atoms with Gasteiger partial charge in [-0.1, -0.05) is 42.5 Å². The quantitative estimate of drug-likeness (QED) is 0.285. The number of rotatable bonds is 8. The molecule has 30 heavy (non-hydrogen) atoms. The monoisotopic (exact) mass is 439 g/mol. The number of halogens is 2. The summed E-state index contributed by atoms with van der Waals surface area (Å²) in [5.41, 5.74) is -2.07. The average Bonchev–Trinajstić information content (AvgIpc) is 2.71. The highest BCUT2D eigenvalue weighted by Gasteiger charge is 2.50. The van der Waals surface area contributed by atoms with E-state index in [0.717, 1.165) is 29.8 Å². The summed E-state index contributed by atoms with van der Waals surface area (Å²) >= 11 is 0. The molecule has 11 heteroatoms. The number of nitrogens with one attached hydrogen (secondary N) is 2. The first-order chi connectivity index (χ1) is 14.0. The van der Waals surface area contributed by atoms with Crippen molar-refractivity contribution in [2.75, 3.05) is 0 Å². The van der Waals surface area contributed by atoms with E-state index in [4.69, 9.17) is 9.79 Å². The van der Waals surface area contributed by atoms with Crippen LogP contribution in [0.2, 0.25) is 0 Å². The minimum Gasteiger partial charge on any atom is -0.340 e. The van der Waals surface area contributed by atoms with Crippen molar-refractivity contribution in [3.05, 3.63) is 71.3 Å². The highest BCUT2D eigenvalue weighted by molar-refractivity contribution is 7.52. The van der Waals surface area contributed by atoms with Crippen molar-refractivity contribution < 1.29 is 32.7 Å². The molecule has 2 amide bonds. The van der Waals surface area contributed by atoms with Gasteiger partial charge in [-0.15, -0.1) is 0 Å². The van der Waals surface area contributed by atoms with E-state index in [9.17, 15) is 22.9 Å². The molecular formula is C19H20F2N3O5P. The van der Waals surface area contributed by atoms with Crippen molar-refractivity contribution in [2.45, 2.75) is 25.1 Å². The summed E-state index contributed by atoms with van der Waals surface area (Å²) in [7, 11) is -5.70. The van der Waals surface area contributed by atoms with E-state index in [0.29, 0.717) is 6.42 Å². The third-order valence-electron chi connectivity index (χ3n) is 4.04. The Labute approximate surface area is 171 Å². The normalized spacial score (nSPS) is 13.1. The summed E-state index contributed by atoms with van der Waals surface area (Å²) in [6.07, 6.45) is 2.01. The third-order valence-corrected chi connectivity index (χ3v) is 5.03. The molecule has 0 aliphatic heterocycles. The highest BCUT2D eigenvalue weighted by Crippen LogP contribution is 2.59. The number of carbonyl (C=O) groups is 2. The first-order valence-corrected chi connectivity index (χ1v) is 10.3. The molecule has 0 saturated heterocycles. The largest absolute Gasteiger partial charge is 0.399 e. The van der Waals surface area contributed by atoms with Crippen LogP contribution in [0.5, 0.6) is 0 Å². The summed E-state index contributed by atoms with van der Waals surface area (Å²) in [5.74, 6) is -1.31. The molecule has 0 aliphatic rings. The standard InChI is InChI=1S/C19H20F2N3O5P/c1-13(17(25)24-22-12-11-14-5-3-2-4-6-14)23-18(26)15-7-9-16(10-8-15)19(20,21)30(27,28)29/h2-10,12-13H,11H2,1H3,(H,23,26)(H,24,25)(H2,27,28,29)/b22-12+. The molecule has 4 N–H and O–H groups in total. The number of hydrogen-bond donors (Lipinski definition) is 4. The Balaban J connectivity index is 1.90. The fraction of sp³-hybridized carbons (Fsp3) is 0.211. The highest BCUT2D eigenvalue weighted by atomic mass is 31.2. The van der Waals surface area contributed by atoms with Crippen molar-refractivity contribution in [3.63, 3.8) is 0 Å². The molecule has 2 aromatic rings. The maximum Gasteiger partial charge on any atom is 0.399 e. The molecule has 1 unspecified atom stereocenters. The number of nitrogens with zero attached hydrogens (tertiary/aromatic N) is 1. The number of benzene rings is 2. The molecule has 160 valence electrons. The van der Waals surface area contributed by atoms with Crippen LogP contribution in [-0.2, 0) is 21.4 Å². The average molecular weight is 439 g/mol. The van der Waals surface area contributed by atoms with Gasteiger partial charge in [0.2, 0.25) is 0 Å². The molecule has 2 aromatic carbocycles. The lowest BCUT2D eigenvalue weighted by Crippen LogP contribution is -2.43. The van der Waals surface area contributed by atoms with Crippen LogP contribution in [0.1, 0.15) is 28.4 Å². The van der Waals surface area contributed by atoms with E-state index in [-0.39, 0.29) is 5.56 Å². The van der Waals surface area contributed by atoms with Gasteiger partial charge in [0.1, 0.15) is 6.04 Å². The summed E-state index contributed by atoms with van der Waals surface area (Å²) < 4.78 is 38.2. The number of hydrogen-bond acceptors (Lipinski definition) is 4. The second kappa shape index (κ2) is 9.71. The first kappa shape index (κ1) is 23.3. The van der Waals surface area contributed by atoms with E-state index in [2.05, 4.69) is 15.8 Å². The van der Waals surface area contributed by atoms with Gasteiger partial charge in [-0.2, -0.15) is 13.9 Å². The molecule has 0 radical (unpaired) electrons. The van der Waals surface area contributed by atoms with Gasteiger partial charge in [-0.05, 0) is 24.6 Å². The fourth-order valence-electron chi connectivity index (χ4n) is 2.31. The Kier molecular flexibility index (Phi) is 7.55.